The zero-order valence-electron chi connectivity index (χ0n) is 12.8. The number of hydrogen-bond acceptors (Lipinski definition) is 4. The SMILES string of the molecule is Cc1csc(C(=O)N2CCC(Oc3cc(C(F)(F)F)ccn3)C2)c1. The van der Waals surface area contributed by atoms with Gasteiger partial charge in [0.1, 0.15) is 6.10 Å². The van der Waals surface area contributed by atoms with E-state index >= 15 is 0 Å². The number of nitrogens with zero attached hydrogens (tertiary/aromatic N) is 2. The summed E-state index contributed by atoms with van der Waals surface area (Å²) in [6.07, 6.45) is -3.15. The first kappa shape index (κ1) is 16.8. The molecule has 24 heavy (non-hydrogen) atoms. The average molecular weight is 356 g/mol. The standard InChI is InChI=1S/C16H15F3N2O2S/c1-10-6-13(24-9-10)15(22)21-5-3-12(8-21)23-14-7-11(2-4-20-14)16(17,18)19/h2,4,6-7,9,12H,3,5,8H2,1H3. The molecule has 3 rings (SSSR count). The number of alkyl halides is 3. The van der Waals surface area contributed by atoms with Crippen LogP contribution in [0.3, 0.4) is 0 Å². The van der Waals surface area contributed by atoms with Crippen LogP contribution < -0.4 is 4.74 Å². The molecule has 1 atom stereocenters. The lowest BCUT2D eigenvalue weighted by molar-refractivity contribution is -0.137. The van der Waals surface area contributed by atoms with Crippen molar-refractivity contribution in [1.29, 1.82) is 0 Å². The number of ether oxygens (including phenoxy) is 1. The molecule has 0 aromatic carbocycles. The van der Waals surface area contributed by atoms with Crippen molar-refractivity contribution in [3.63, 3.8) is 0 Å². The summed E-state index contributed by atoms with van der Waals surface area (Å²) in [7, 11) is 0. The third-order valence-electron chi connectivity index (χ3n) is 3.72. The first-order valence-corrected chi connectivity index (χ1v) is 8.25. The summed E-state index contributed by atoms with van der Waals surface area (Å²) in [6.45, 7) is 2.77. The van der Waals surface area contributed by atoms with Gasteiger partial charge in [-0.15, -0.1) is 11.3 Å². The van der Waals surface area contributed by atoms with Crippen LogP contribution in [0.5, 0.6) is 5.88 Å². The lowest BCUT2D eigenvalue weighted by Crippen LogP contribution is -2.30. The minimum absolute atomic E-state index is 0.0730. The van der Waals surface area contributed by atoms with Gasteiger partial charge in [-0.05, 0) is 30.0 Å². The van der Waals surface area contributed by atoms with Crippen LogP contribution in [0.25, 0.3) is 0 Å². The van der Waals surface area contributed by atoms with E-state index in [9.17, 15) is 18.0 Å². The van der Waals surface area contributed by atoms with Crippen molar-refractivity contribution in [2.45, 2.75) is 25.6 Å². The summed E-state index contributed by atoms with van der Waals surface area (Å²) in [5, 5.41) is 1.91. The van der Waals surface area contributed by atoms with Crippen LogP contribution in [0.4, 0.5) is 13.2 Å². The van der Waals surface area contributed by atoms with Crippen molar-refractivity contribution >= 4 is 17.2 Å². The molecule has 3 heterocycles. The fourth-order valence-corrected chi connectivity index (χ4v) is 3.39. The Balaban J connectivity index is 1.63. The van der Waals surface area contributed by atoms with Crippen molar-refractivity contribution in [2.75, 3.05) is 13.1 Å². The highest BCUT2D eigenvalue weighted by molar-refractivity contribution is 7.12. The van der Waals surface area contributed by atoms with Crippen LogP contribution >= 0.6 is 11.3 Å². The first-order chi connectivity index (χ1) is 11.3. The molecule has 0 N–H and O–H groups in total. The van der Waals surface area contributed by atoms with Crippen molar-refractivity contribution in [1.82, 2.24) is 9.88 Å². The number of pyridine rings is 1. The summed E-state index contributed by atoms with van der Waals surface area (Å²) in [6, 6.07) is 3.61. The number of aryl methyl sites for hydroxylation is 1. The molecule has 0 bridgehead atoms. The van der Waals surface area contributed by atoms with Gasteiger partial charge in [-0.2, -0.15) is 13.2 Å². The van der Waals surface area contributed by atoms with Gasteiger partial charge in [-0.1, -0.05) is 0 Å². The van der Waals surface area contributed by atoms with Crippen LogP contribution in [0.2, 0.25) is 0 Å². The lowest BCUT2D eigenvalue weighted by Gasteiger charge is -2.16. The number of aromatic nitrogens is 1. The molecule has 0 saturated carbocycles. The van der Waals surface area contributed by atoms with E-state index < -0.39 is 11.7 Å². The number of likely N-dealkylation sites (tertiary alicyclic amines) is 1. The Morgan fingerprint density at radius 1 is 1.42 bits per heavy atom. The first-order valence-electron chi connectivity index (χ1n) is 7.37. The van der Waals surface area contributed by atoms with Crippen molar-refractivity contribution in [3.8, 4) is 5.88 Å². The van der Waals surface area contributed by atoms with Gasteiger partial charge in [0.2, 0.25) is 5.88 Å². The van der Waals surface area contributed by atoms with E-state index in [1.807, 2.05) is 18.4 Å². The van der Waals surface area contributed by atoms with Gasteiger partial charge in [0.25, 0.3) is 5.91 Å². The Bertz CT molecular complexity index is 745. The molecule has 1 saturated heterocycles. The molecule has 1 aliphatic rings. The van der Waals surface area contributed by atoms with Gasteiger partial charge in [0, 0.05) is 25.2 Å². The predicted molar refractivity (Wildman–Crippen MR) is 83.2 cm³/mol. The van der Waals surface area contributed by atoms with Crippen LogP contribution in [0.15, 0.2) is 29.8 Å². The van der Waals surface area contributed by atoms with E-state index in [4.69, 9.17) is 4.74 Å². The Hall–Kier alpha value is -2.09. The summed E-state index contributed by atoms with van der Waals surface area (Å²) in [5.74, 6) is -0.146. The quantitative estimate of drug-likeness (QED) is 0.841. The second kappa shape index (κ2) is 6.43. The van der Waals surface area contributed by atoms with E-state index in [-0.39, 0.29) is 17.9 Å². The smallest absolute Gasteiger partial charge is 0.416 e. The van der Waals surface area contributed by atoms with Gasteiger partial charge < -0.3 is 9.64 Å². The lowest BCUT2D eigenvalue weighted by atomic mass is 10.2. The van der Waals surface area contributed by atoms with Gasteiger partial charge in [-0.25, -0.2) is 4.98 Å². The van der Waals surface area contributed by atoms with Crippen molar-refractivity contribution in [2.24, 2.45) is 0 Å². The minimum Gasteiger partial charge on any atom is -0.472 e. The minimum atomic E-state index is -4.43. The molecule has 2 aromatic heterocycles. The molecular weight excluding hydrogens is 341 g/mol. The normalized spacial score (nSPS) is 18.0. The van der Waals surface area contributed by atoms with Crippen molar-refractivity contribution in [3.05, 3.63) is 45.8 Å². The molecule has 2 aromatic rings. The Morgan fingerprint density at radius 2 is 2.21 bits per heavy atom. The summed E-state index contributed by atoms with van der Waals surface area (Å²) in [4.78, 5) is 18.5. The van der Waals surface area contributed by atoms with E-state index in [2.05, 4.69) is 4.98 Å². The summed E-state index contributed by atoms with van der Waals surface area (Å²) >= 11 is 1.39. The van der Waals surface area contributed by atoms with Gasteiger partial charge in [-0.3, -0.25) is 4.79 Å². The van der Waals surface area contributed by atoms with Crippen LogP contribution in [0.1, 0.15) is 27.2 Å². The highest BCUT2D eigenvalue weighted by Gasteiger charge is 2.32. The fraction of sp³-hybridized carbons (Fsp3) is 0.375. The number of rotatable bonds is 3. The Morgan fingerprint density at radius 3 is 2.88 bits per heavy atom. The molecule has 0 radical (unpaired) electrons. The highest BCUT2D eigenvalue weighted by Crippen LogP contribution is 2.31. The number of amides is 1. The van der Waals surface area contributed by atoms with E-state index in [1.165, 1.54) is 11.3 Å². The molecule has 1 fully saturated rings. The maximum atomic E-state index is 12.7. The van der Waals surface area contributed by atoms with Gasteiger partial charge in [0.15, 0.2) is 0 Å². The molecule has 0 aliphatic carbocycles. The summed E-state index contributed by atoms with van der Waals surface area (Å²) in [5.41, 5.74) is 0.232. The largest absolute Gasteiger partial charge is 0.472 e. The average Bonchev–Trinajstić information content (AvgIpc) is 3.15. The predicted octanol–water partition coefficient (Wildman–Crippen LogP) is 3.76. The van der Waals surface area contributed by atoms with Gasteiger partial charge in [0.05, 0.1) is 17.0 Å². The summed E-state index contributed by atoms with van der Waals surface area (Å²) < 4.78 is 43.6. The van der Waals surface area contributed by atoms with Crippen LogP contribution in [0, 0.1) is 6.92 Å². The van der Waals surface area contributed by atoms with E-state index in [1.54, 1.807) is 4.90 Å². The molecule has 0 spiro atoms. The topological polar surface area (TPSA) is 42.4 Å². The molecule has 4 nitrogen and oxygen atoms in total. The molecule has 128 valence electrons. The van der Waals surface area contributed by atoms with Crippen LogP contribution in [-0.4, -0.2) is 35.0 Å². The zero-order chi connectivity index (χ0) is 17.3. The molecular formula is C16H15F3N2O2S. The number of hydrogen-bond donors (Lipinski definition) is 0. The van der Waals surface area contributed by atoms with Crippen molar-refractivity contribution < 1.29 is 22.7 Å². The second-order valence-corrected chi connectivity index (χ2v) is 6.56. The maximum Gasteiger partial charge on any atom is 0.416 e. The maximum absolute atomic E-state index is 12.7. The van der Waals surface area contributed by atoms with Crippen LogP contribution in [-0.2, 0) is 6.18 Å². The number of thiophene rings is 1. The molecule has 8 heteroatoms. The number of halogens is 3. The molecule has 1 amide bonds. The third kappa shape index (κ3) is 3.69. The monoisotopic (exact) mass is 356 g/mol. The second-order valence-electron chi connectivity index (χ2n) is 5.65. The molecule has 1 aliphatic heterocycles. The van der Waals surface area contributed by atoms with E-state index in [0.29, 0.717) is 24.4 Å². The zero-order valence-corrected chi connectivity index (χ0v) is 13.7. The highest BCUT2D eigenvalue weighted by atomic mass is 32.1. The number of carbonyl (C=O) groups excluding carboxylic acids is 1. The van der Waals surface area contributed by atoms with Gasteiger partial charge >= 0.3 is 6.18 Å². The Labute approximate surface area is 140 Å². The molecule has 1 unspecified atom stereocenters. The fourth-order valence-electron chi connectivity index (χ4n) is 2.53. The Kier molecular flexibility index (Phi) is 4.49. The third-order valence-corrected chi connectivity index (χ3v) is 4.76. The van der Waals surface area contributed by atoms with E-state index in [0.717, 1.165) is 23.9 Å². The number of carbonyl (C=O) groups is 1.